The van der Waals surface area contributed by atoms with Crippen molar-refractivity contribution >= 4 is 17.3 Å². The van der Waals surface area contributed by atoms with Crippen LogP contribution in [-0.2, 0) is 0 Å². The Hall–Kier alpha value is -2.30. The lowest BCUT2D eigenvalue weighted by Gasteiger charge is -2.30. The smallest absolute Gasteiger partial charge is 0.277 e. The molecule has 2 aromatic rings. The summed E-state index contributed by atoms with van der Waals surface area (Å²) in [6.45, 7) is 2.09. The molecule has 0 spiro atoms. The molecule has 5 nitrogen and oxygen atoms in total. The Kier molecular flexibility index (Phi) is 3.77. The van der Waals surface area contributed by atoms with Gasteiger partial charge in [-0.05, 0) is 44.2 Å². The van der Waals surface area contributed by atoms with Crippen LogP contribution in [0.25, 0.3) is 0 Å². The van der Waals surface area contributed by atoms with Crippen molar-refractivity contribution in [1.82, 2.24) is 5.16 Å². The molecule has 1 saturated carbocycles. The Morgan fingerprint density at radius 1 is 1.17 bits per heavy atom. The molecule has 23 heavy (non-hydrogen) atoms. The average Bonchev–Trinajstić information content (AvgIpc) is 3.33. The van der Waals surface area contributed by atoms with Gasteiger partial charge in [0.25, 0.3) is 5.91 Å². The summed E-state index contributed by atoms with van der Waals surface area (Å²) >= 11 is 0. The zero-order valence-electron chi connectivity index (χ0n) is 13.1. The molecule has 1 N–H and O–H groups in total. The maximum atomic E-state index is 12.5. The number of nitrogens with one attached hydrogen (secondary N) is 1. The number of amides is 1. The molecule has 0 radical (unpaired) electrons. The van der Waals surface area contributed by atoms with Gasteiger partial charge in [0.2, 0.25) is 0 Å². The minimum absolute atomic E-state index is 0.204. The first-order valence-corrected chi connectivity index (χ1v) is 8.43. The molecule has 0 bridgehead atoms. The van der Waals surface area contributed by atoms with E-state index in [0.29, 0.717) is 11.6 Å². The summed E-state index contributed by atoms with van der Waals surface area (Å²) < 4.78 is 5.27. The van der Waals surface area contributed by atoms with E-state index in [0.717, 1.165) is 43.1 Å². The van der Waals surface area contributed by atoms with Gasteiger partial charge in [0.1, 0.15) is 5.76 Å². The van der Waals surface area contributed by atoms with E-state index in [1.807, 2.05) is 18.2 Å². The Morgan fingerprint density at radius 2 is 1.96 bits per heavy atom. The highest BCUT2D eigenvalue weighted by Gasteiger charge is 2.29. The lowest BCUT2D eigenvalue weighted by atomic mass is 10.1. The van der Waals surface area contributed by atoms with Gasteiger partial charge in [-0.1, -0.05) is 17.3 Å². The van der Waals surface area contributed by atoms with Crippen LogP contribution >= 0.6 is 0 Å². The Morgan fingerprint density at radius 3 is 2.74 bits per heavy atom. The van der Waals surface area contributed by atoms with Crippen molar-refractivity contribution in [3.05, 3.63) is 41.8 Å². The zero-order valence-corrected chi connectivity index (χ0v) is 13.1. The molecule has 2 heterocycles. The minimum atomic E-state index is -0.204. The van der Waals surface area contributed by atoms with Crippen molar-refractivity contribution in [2.75, 3.05) is 23.3 Å². The quantitative estimate of drug-likeness (QED) is 0.933. The number of piperidine rings is 1. The molecule has 2 fully saturated rings. The number of nitrogens with zero attached hydrogens (tertiary/aromatic N) is 2. The third-order valence-electron chi connectivity index (χ3n) is 4.59. The zero-order chi connectivity index (χ0) is 15.6. The summed E-state index contributed by atoms with van der Waals surface area (Å²) in [6, 6.07) is 9.75. The molecule has 1 amide bonds. The fourth-order valence-corrected chi connectivity index (χ4v) is 3.13. The van der Waals surface area contributed by atoms with Gasteiger partial charge in [-0.15, -0.1) is 0 Å². The van der Waals surface area contributed by atoms with Crippen molar-refractivity contribution in [3.63, 3.8) is 0 Å². The van der Waals surface area contributed by atoms with Crippen LogP contribution in [-0.4, -0.2) is 24.2 Å². The average molecular weight is 311 g/mol. The summed E-state index contributed by atoms with van der Waals surface area (Å²) in [6.07, 6.45) is 5.96. The lowest BCUT2D eigenvalue weighted by molar-refractivity contribution is 0.101. The van der Waals surface area contributed by atoms with Crippen LogP contribution in [0.15, 0.2) is 34.9 Å². The summed E-state index contributed by atoms with van der Waals surface area (Å²) in [5.41, 5.74) is 2.29. The van der Waals surface area contributed by atoms with Crippen LogP contribution in [0.2, 0.25) is 0 Å². The van der Waals surface area contributed by atoms with E-state index < -0.39 is 0 Å². The molecular formula is C18H21N3O2. The van der Waals surface area contributed by atoms with E-state index in [4.69, 9.17) is 4.52 Å². The van der Waals surface area contributed by atoms with Crippen LogP contribution in [0.3, 0.4) is 0 Å². The number of hydrogen-bond acceptors (Lipinski definition) is 4. The molecule has 1 aliphatic carbocycles. The molecule has 120 valence electrons. The van der Waals surface area contributed by atoms with E-state index in [1.165, 1.54) is 19.3 Å². The van der Waals surface area contributed by atoms with Crippen molar-refractivity contribution < 1.29 is 9.32 Å². The number of rotatable bonds is 4. The third kappa shape index (κ3) is 3.09. The first kappa shape index (κ1) is 14.3. The van der Waals surface area contributed by atoms with Crippen LogP contribution in [0, 0.1) is 0 Å². The number of hydrogen-bond donors (Lipinski definition) is 1. The van der Waals surface area contributed by atoms with Crippen LogP contribution in [0.5, 0.6) is 0 Å². The van der Waals surface area contributed by atoms with Gasteiger partial charge < -0.3 is 14.7 Å². The van der Waals surface area contributed by atoms with Gasteiger partial charge in [0.15, 0.2) is 5.69 Å². The molecular weight excluding hydrogens is 290 g/mol. The minimum Gasteiger partial charge on any atom is -0.370 e. The highest BCUT2D eigenvalue weighted by molar-refractivity contribution is 6.04. The Balaban J connectivity index is 1.52. The topological polar surface area (TPSA) is 58.4 Å². The van der Waals surface area contributed by atoms with E-state index in [1.54, 1.807) is 6.07 Å². The second kappa shape index (κ2) is 6.07. The largest absolute Gasteiger partial charge is 0.370 e. The van der Waals surface area contributed by atoms with Crippen molar-refractivity contribution in [2.24, 2.45) is 0 Å². The number of carbonyl (C=O) groups excluding carboxylic acids is 1. The Bertz CT molecular complexity index is 700. The number of anilines is 2. The maximum absolute atomic E-state index is 12.5. The molecule has 1 aromatic heterocycles. The van der Waals surface area contributed by atoms with Crippen LogP contribution in [0.1, 0.15) is 54.3 Å². The normalized spacial score (nSPS) is 18.0. The molecule has 0 unspecified atom stereocenters. The molecule has 1 aliphatic heterocycles. The summed E-state index contributed by atoms with van der Waals surface area (Å²) in [5, 5.41) is 6.91. The number of para-hydroxylation sites is 2. The standard InChI is InChI=1S/C18H21N3O2/c22-18(15-12-17(23-20-15)13-8-9-13)19-14-6-2-3-7-16(14)21-10-4-1-5-11-21/h2-3,6-7,12-13H,1,4-5,8-11H2,(H,19,22). The monoisotopic (exact) mass is 311 g/mol. The predicted molar refractivity (Wildman–Crippen MR) is 88.9 cm³/mol. The number of aromatic nitrogens is 1. The van der Waals surface area contributed by atoms with Gasteiger partial charge in [-0.2, -0.15) is 0 Å². The Labute approximate surface area is 135 Å². The maximum Gasteiger partial charge on any atom is 0.277 e. The van der Waals surface area contributed by atoms with E-state index in [9.17, 15) is 4.79 Å². The number of carbonyl (C=O) groups is 1. The van der Waals surface area contributed by atoms with Gasteiger partial charge in [0, 0.05) is 25.1 Å². The lowest BCUT2D eigenvalue weighted by Crippen LogP contribution is -2.30. The van der Waals surface area contributed by atoms with Gasteiger partial charge in [-0.25, -0.2) is 0 Å². The fraction of sp³-hybridized carbons (Fsp3) is 0.444. The summed E-state index contributed by atoms with van der Waals surface area (Å²) in [7, 11) is 0. The second-order valence-corrected chi connectivity index (χ2v) is 6.41. The molecule has 4 rings (SSSR count). The van der Waals surface area contributed by atoms with E-state index in [2.05, 4.69) is 21.4 Å². The van der Waals surface area contributed by atoms with Crippen molar-refractivity contribution in [1.29, 1.82) is 0 Å². The molecule has 1 saturated heterocycles. The highest BCUT2D eigenvalue weighted by atomic mass is 16.5. The van der Waals surface area contributed by atoms with E-state index in [-0.39, 0.29) is 5.91 Å². The third-order valence-corrected chi connectivity index (χ3v) is 4.59. The molecule has 2 aliphatic rings. The second-order valence-electron chi connectivity index (χ2n) is 6.41. The van der Waals surface area contributed by atoms with Crippen LogP contribution in [0.4, 0.5) is 11.4 Å². The fourth-order valence-electron chi connectivity index (χ4n) is 3.13. The molecule has 5 heteroatoms. The van der Waals surface area contributed by atoms with Crippen LogP contribution < -0.4 is 10.2 Å². The van der Waals surface area contributed by atoms with Crippen molar-refractivity contribution in [2.45, 2.75) is 38.0 Å². The molecule has 0 atom stereocenters. The predicted octanol–water partition coefficient (Wildman–Crippen LogP) is 3.79. The van der Waals surface area contributed by atoms with Crippen molar-refractivity contribution in [3.8, 4) is 0 Å². The first-order chi connectivity index (χ1) is 11.3. The SMILES string of the molecule is O=C(Nc1ccccc1N1CCCCC1)c1cc(C2CC2)on1. The van der Waals surface area contributed by atoms with Gasteiger partial charge in [0.05, 0.1) is 11.4 Å². The van der Waals surface area contributed by atoms with E-state index >= 15 is 0 Å². The summed E-state index contributed by atoms with van der Waals surface area (Å²) in [5.74, 6) is 1.09. The highest BCUT2D eigenvalue weighted by Crippen LogP contribution is 2.40. The number of benzene rings is 1. The van der Waals surface area contributed by atoms with Gasteiger partial charge in [-0.3, -0.25) is 4.79 Å². The summed E-state index contributed by atoms with van der Waals surface area (Å²) in [4.78, 5) is 14.8. The first-order valence-electron chi connectivity index (χ1n) is 8.43. The van der Waals surface area contributed by atoms with Gasteiger partial charge >= 0.3 is 0 Å². The molecule has 1 aromatic carbocycles.